The largest absolute Gasteiger partial charge is 0.392 e. The lowest BCUT2D eigenvalue weighted by Gasteiger charge is -2.21. The zero-order valence-electron chi connectivity index (χ0n) is 14.0. The maximum absolute atomic E-state index is 12.4. The SMILES string of the molecule is Cc1ncsc1-c1ccc(C2(NC(=O)C3CC(O)CN3)CC2)cc1.Cl. The van der Waals surface area contributed by atoms with E-state index in [2.05, 4.69) is 39.9 Å². The van der Waals surface area contributed by atoms with Gasteiger partial charge in [0.15, 0.2) is 0 Å². The Labute approximate surface area is 157 Å². The summed E-state index contributed by atoms with van der Waals surface area (Å²) in [6.07, 6.45) is 2.00. The molecule has 1 saturated carbocycles. The molecule has 25 heavy (non-hydrogen) atoms. The van der Waals surface area contributed by atoms with Crippen molar-refractivity contribution >= 4 is 29.7 Å². The minimum Gasteiger partial charge on any atom is -0.392 e. The number of carbonyl (C=O) groups is 1. The third-order valence-corrected chi connectivity index (χ3v) is 5.96. The Balaban J connectivity index is 0.00000182. The summed E-state index contributed by atoms with van der Waals surface area (Å²) in [6, 6.07) is 8.16. The van der Waals surface area contributed by atoms with Crippen LogP contribution in [-0.2, 0) is 10.3 Å². The van der Waals surface area contributed by atoms with Crippen LogP contribution in [0.1, 0.15) is 30.5 Å². The first kappa shape index (κ1) is 18.3. The number of nitrogens with zero attached hydrogens (tertiary/aromatic N) is 1. The standard InChI is InChI=1S/C18H21N3O2S.ClH/c1-11-16(24-10-20-11)12-2-4-13(5-3-12)18(6-7-18)21-17(23)15-8-14(22)9-19-15;/h2-5,10,14-15,19,22H,6-9H2,1H3,(H,21,23);1H. The molecule has 1 aliphatic carbocycles. The van der Waals surface area contributed by atoms with Gasteiger partial charge in [0, 0.05) is 6.54 Å². The predicted octanol–water partition coefficient (Wildman–Crippen LogP) is 2.37. The Morgan fingerprint density at radius 1 is 1.36 bits per heavy atom. The highest BCUT2D eigenvalue weighted by molar-refractivity contribution is 7.13. The van der Waals surface area contributed by atoms with Gasteiger partial charge in [-0.25, -0.2) is 4.98 Å². The fraction of sp³-hybridized carbons (Fsp3) is 0.444. The van der Waals surface area contributed by atoms with Crippen LogP contribution in [0.15, 0.2) is 29.8 Å². The highest BCUT2D eigenvalue weighted by Gasteiger charge is 2.47. The Kier molecular flexibility index (Phi) is 5.16. The molecular formula is C18H22ClN3O2S. The van der Waals surface area contributed by atoms with E-state index >= 15 is 0 Å². The van der Waals surface area contributed by atoms with Crippen molar-refractivity contribution in [2.24, 2.45) is 0 Å². The van der Waals surface area contributed by atoms with Crippen LogP contribution >= 0.6 is 23.7 Å². The Morgan fingerprint density at radius 2 is 2.08 bits per heavy atom. The zero-order valence-corrected chi connectivity index (χ0v) is 15.6. The molecule has 1 saturated heterocycles. The molecular weight excluding hydrogens is 358 g/mol. The van der Waals surface area contributed by atoms with E-state index in [0.29, 0.717) is 13.0 Å². The van der Waals surface area contributed by atoms with Crippen LogP contribution in [0, 0.1) is 6.92 Å². The van der Waals surface area contributed by atoms with Gasteiger partial charge in [-0.05, 0) is 37.3 Å². The van der Waals surface area contributed by atoms with Gasteiger partial charge in [0.25, 0.3) is 0 Å². The Morgan fingerprint density at radius 3 is 2.60 bits per heavy atom. The number of aliphatic hydroxyl groups is 1. The number of carbonyl (C=O) groups excluding carboxylic acids is 1. The van der Waals surface area contributed by atoms with Crippen LogP contribution in [-0.4, -0.2) is 34.7 Å². The van der Waals surface area contributed by atoms with Crippen LogP contribution in [0.4, 0.5) is 0 Å². The summed E-state index contributed by atoms with van der Waals surface area (Å²) < 4.78 is 0. The summed E-state index contributed by atoms with van der Waals surface area (Å²) in [5.74, 6) is -0.00794. The number of rotatable bonds is 4. The minimum atomic E-state index is -0.419. The molecule has 134 valence electrons. The quantitative estimate of drug-likeness (QED) is 0.762. The number of benzene rings is 1. The number of halogens is 1. The number of β-amino-alcohol motifs (C(OH)–C–C–N with tert-alkyl or cyclic N) is 1. The third-order valence-electron chi connectivity index (χ3n) is 4.98. The maximum atomic E-state index is 12.4. The Bertz CT molecular complexity index is 758. The first-order valence-corrected chi connectivity index (χ1v) is 9.20. The number of nitrogens with one attached hydrogen (secondary N) is 2. The summed E-state index contributed by atoms with van der Waals surface area (Å²) in [7, 11) is 0. The highest BCUT2D eigenvalue weighted by Crippen LogP contribution is 2.46. The van der Waals surface area contributed by atoms with E-state index in [4.69, 9.17) is 0 Å². The van der Waals surface area contributed by atoms with Crippen molar-refractivity contribution in [1.82, 2.24) is 15.6 Å². The van der Waals surface area contributed by atoms with Crippen molar-refractivity contribution in [2.45, 2.75) is 43.9 Å². The van der Waals surface area contributed by atoms with E-state index in [9.17, 15) is 9.90 Å². The summed E-state index contributed by atoms with van der Waals surface area (Å²) in [5, 5.41) is 15.8. The second kappa shape index (κ2) is 7.03. The molecule has 0 radical (unpaired) electrons. The average molecular weight is 380 g/mol. The van der Waals surface area contributed by atoms with Crippen molar-refractivity contribution in [3.8, 4) is 10.4 Å². The molecule has 2 fully saturated rings. The van der Waals surface area contributed by atoms with Gasteiger partial charge in [0.2, 0.25) is 5.91 Å². The van der Waals surface area contributed by atoms with Gasteiger partial charge in [-0.2, -0.15) is 0 Å². The molecule has 3 N–H and O–H groups in total. The molecule has 0 bridgehead atoms. The van der Waals surface area contributed by atoms with Gasteiger partial charge in [0.05, 0.1) is 33.8 Å². The monoisotopic (exact) mass is 379 g/mol. The first-order chi connectivity index (χ1) is 11.6. The molecule has 5 nitrogen and oxygen atoms in total. The summed E-state index contributed by atoms with van der Waals surface area (Å²) in [6.45, 7) is 2.51. The van der Waals surface area contributed by atoms with Crippen molar-refractivity contribution in [2.75, 3.05) is 6.54 Å². The second-order valence-electron chi connectivity index (χ2n) is 6.77. The number of aliphatic hydroxyl groups excluding tert-OH is 1. The maximum Gasteiger partial charge on any atom is 0.237 e. The average Bonchev–Trinajstić information content (AvgIpc) is 3.01. The highest BCUT2D eigenvalue weighted by atomic mass is 35.5. The fourth-order valence-electron chi connectivity index (χ4n) is 3.37. The Hall–Kier alpha value is -1.47. The predicted molar refractivity (Wildman–Crippen MR) is 101 cm³/mol. The molecule has 4 rings (SSSR count). The van der Waals surface area contributed by atoms with Crippen LogP contribution in [0.2, 0.25) is 0 Å². The fourth-order valence-corrected chi connectivity index (χ4v) is 4.18. The number of hydrogen-bond donors (Lipinski definition) is 3. The molecule has 2 heterocycles. The summed E-state index contributed by atoms with van der Waals surface area (Å²) in [4.78, 5) is 17.9. The lowest BCUT2D eigenvalue weighted by atomic mass is 10.0. The number of aromatic nitrogens is 1. The van der Waals surface area contributed by atoms with Gasteiger partial charge >= 0.3 is 0 Å². The topological polar surface area (TPSA) is 74.2 Å². The number of hydrogen-bond acceptors (Lipinski definition) is 5. The molecule has 2 aliphatic rings. The van der Waals surface area contributed by atoms with E-state index in [1.165, 1.54) is 10.4 Å². The van der Waals surface area contributed by atoms with Crippen LogP contribution in [0.25, 0.3) is 10.4 Å². The zero-order chi connectivity index (χ0) is 16.7. The lowest BCUT2D eigenvalue weighted by molar-refractivity contribution is -0.124. The van der Waals surface area contributed by atoms with Crippen LogP contribution in [0.5, 0.6) is 0 Å². The second-order valence-corrected chi connectivity index (χ2v) is 7.62. The van der Waals surface area contributed by atoms with Crippen molar-refractivity contribution in [1.29, 1.82) is 0 Å². The molecule has 1 aliphatic heterocycles. The summed E-state index contributed by atoms with van der Waals surface area (Å²) in [5.41, 5.74) is 5.01. The van der Waals surface area contributed by atoms with Crippen molar-refractivity contribution in [3.05, 3.63) is 41.0 Å². The van der Waals surface area contributed by atoms with Gasteiger partial charge in [-0.15, -0.1) is 23.7 Å². The number of aryl methyl sites for hydroxylation is 1. The van der Waals surface area contributed by atoms with Crippen LogP contribution < -0.4 is 10.6 Å². The van der Waals surface area contributed by atoms with E-state index in [1.54, 1.807) is 11.3 Å². The molecule has 1 aromatic carbocycles. The molecule has 1 amide bonds. The van der Waals surface area contributed by atoms with Gasteiger partial charge < -0.3 is 15.7 Å². The molecule has 0 spiro atoms. The van der Waals surface area contributed by atoms with Crippen LogP contribution in [0.3, 0.4) is 0 Å². The van der Waals surface area contributed by atoms with E-state index in [0.717, 1.165) is 24.1 Å². The van der Waals surface area contributed by atoms with E-state index in [-0.39, 0.29) is 29.9 Å². The van der Waals surface area contributed by atoms with Crippen molar-refractivity contribution in [3.63, 3.8) is 0 Å². The molecule has 2 unspecified atom stereocenters. The van der Waals surface area contributed by atoms with Gasteiger partial charge in [-0.1, -0.05) is 24.3 Å². The van der Waals surface area contributed by atoms with E-state index < -0.39 is 6.10 Å². The third kappa shape index (κ3) is 3.58. The van der Waals surface area contributed by atoms with Gasteiger partial charge in [0.1, 0.15) is 0 Å². The molecule has 2 atom stereocenters. The molecule has 7 heteroatoms. The molecule has 2 aromatic rings. The lowest BCUT2D eigenvalue weighted by Crippen LogP contribution is -2.45. The molecule has 1 aromatic heterocycles. The normalized spacial score (nSPS) is 23.8. The number of thiazole rings is 1. The first-order valence-electron chi connectivity index (χ1n) is 8.32. The minimum absolute atomic E-state index is 0. The van der Waals surface area contributed by atoms with Gasteiger partial charge in [-0.3, -0.25) is 4.79 Å². The van der Waals surface area contributed by atoms with E-state index in [1.807, 2.05) is 12.4 Å². The smallest absolute Gasteiger partial charge is 0.237 e. The van der Waals surface area contributed by atoms with Crippen molar-refractivity contribution < 1.29 is 9.90 Å². The number of amides is 1. The summed E-state index contributed by atoms with van der Waals surface area (Å²) >= 11 is 1.65.